The minimum absolute atomic E-state index is 0.0319. The van der Waals surface area contributed by atoms with Crippen LogP contribution in [0, 0.1) is 11.8 Å². The summed E-state index contributed by atoms with van der Waals surface area (Å²) in [5, 5.41) is 3.21. The second kappa shape index (κ2) is 7.60. The molecule has 25 heavy (non-hydrogen) atoms. The molecule has 1 heterocycles. The molecule has 1 aliphatic heterocycles. The Balaban J connectivity index is 1.71. The predicted molar refractivity (Wildman–Crippen MR) is 97.8 cm³/mol. The average molecular weight is 339 g/mol. The minimum atomic E-state index is -0.158. The number of nitrogens with one attached hydrogen (secondary N) is 1. The zero-order valence-corrected chi connectivity index (χ0v) is 15.0. The summed E-state index contributed by atoms with van der Waals surface area (Å²) in [5.41, 5.74) is 2.18. The van der Waals surface area contributed by atoms with Gasteiger partial charge in [0.05, 0.1) is 19.1 Å². The lowest BCUT2D eigenvalue weighted by molar-refractivity contribution is -0.127. The maximum absolute atomic E-state index is 12.8. The first-order valence-electron chi connectivity index (χ1n) is 8.73. The van der Waals surface area contributed by atoms with Crippen molar-refractivity contribution in [3.8, 4) is 11.5 Å². The topological polar surface area (TPSA) is 47.6 Å². The van der Waals surface area contributed by atoms with Gasteiger partial charge in [-0.1, -0.05) is 44.2 Å². The largest absolute Gasteiger partial charge is 0.497 e. The summed E-state index contributed by atoms with van der Waals surface area (Å²) in [6.45, 7) is 4.65. The molecule has 4 heteroatoms. The summed E-state index contributed by atoms with van der Waals surface area (Å²) < 4.78 is 11.0. The van der Waals surface area contributed by atoms with Crippen LogP contribution in [0.3, 0.4) is 0 Å². The number of methoxy groups -OCH3 is 1. The van der Waals surface area contributed by atoms with Crippen molar-refractivity contribution >= 4 is 5.91 Å². The SMILES string of the molecule is COc1ccc(C(NC(=O)C2COc3ccccc3C2)C(C)C)cc1. The third-order valence-electron chi connectivity index (χ3n) is 4.69. The Morgan fingerprint density at radius 2 is 1.88 bits per heavy atom. The maximum atomic E-state index is 12.8. The molecular formula is C21H25NO3. The minimum Gasteiger partial charge on any atom is -0.497 e. The summed E-state index contributed by atoms with van der Waals surface area (Å²) in [6, 6.07) is 15.8. The monoisotopic (exact) mass is 339 g/mol. The van der Waals surface area contributed by atoms with Gasteiger partial charge in [-0.25, -0.2) is 0 Å². The van der Waals surface area contributed by atoms with Gasteiger partial charge in [0, 0.05) is 0 Å². The number of amides is 1. The van der Waals surface area contributed by atoms with Gasteiger partial charge in [0.1, 0.15) is 18.1 Å². The van der Waals surface area contributed by atoms with Crippen molar-refractivity contribution in [2.45, 2.75) is 26.3 Å². The molecule has 1 N–H and O–H groups in total. The van der Waals surface area contributed by atoms with Crippen LogP contribution in [0.15, 0.2) is 48.5 Å². The van der Waals surface area contributed by atoms with E-state index in [-0.39, 0.29) is 23.8 Å². The molecule has 0 spiro atoms. The molecule has 0 aliphatic carbocycles. The lowest BCUT2D eigenvalue weighted by atomic mass is 9.92. The molecule has 0 saturated carbocycles. The van der Waals surface area contributed by atoms with E-state index >= 15 is 0 Å². The highest BCUT2D eigenvalue weighted by Gasteiger charge is 2.28. The van der Waals surface area contributed by atoms with Gasteiger partial charge in [-0.2, -0.15) is 0 Å². The van der Waals surface area contributed by atoms with Crippen LogP contribution in [-0.2, 0) is 11.2 Å². The molecule has 1 aliphatic rings. The molecule has 2 aromatic carbocycles. The summed E-state index contributed by atoms with van der Waals surface area (Å²) in [5.74, 6) is 1.88. The Labute approximate surface area is 149 Å². The fourth-order valence-electron chi connectivity index (χ4n) is 3.21. The third-order valence-corrected chi connectivity index (χ3v) is 4.69. The van der Waals surface area contributed by atoms with Crippen LogP contribution in [0.2, 0.25) is 0 Å². The van der Waals surface area contributed by atoms with Crippen LogP contribution in [0.5, 0.6) is 11.5 Å². The van der Waals surface area contributed by atoms with Crippen LogP contribution in [0.1, 0.15) is 31.0 Å². The molecule has 3 rings (SSSR count). The predicted octanol–water partition coefficient (Wildman–Crippen LogP) is 3.76. The van der Waals surface area contributed by atoms with Crippen LogP contribution in [0.25, 0.3) is 0 Å². The molecule has 2 unspecified atom stereocenters. The molecule has 0 radical (unpaired) electrons. The number of para-hydroxylation sites is 1. The first-order valence-corrected chi connectivity index (χ1v) is 8.73. The number of hydrogen-bond donors (Lipinski definition) is 1. The molecule has 1 amide bonds. The first-order chi connectivity index (χ1) is 12.1. The van der Waals surface area contributed by atoms with E-state index in [0.29, 0.717) is 6.61 Å². The molecular weight excluding hydrogens is 314 g/mol. The van der Waals surface area contributed by atoms with Crippen molar-refractivity contribution in [1.82, 2.24) is 5.32 Å². The van der Waals surface area contributed by atoms with Gasteiger partial charge in [0.25, 0.3) is 0 Å². The Kier molecular flexibility index (Phi) is 5.27. The zero-order chi connectivity index (χ0) is 17.8. The van der Waals surface area contributed by atoms with Crippen LogP contribution in [0.4, 0.5) is 0 Å². The van der Waals surface area contributed by atoms with Gasteiger partial charge in [-0.15, -0.1) is 0 Å². The highest BCUT2D eigenvalue weighted by Crippen LogP contribution is 2.29. The number of carbonyl (C=O) groups is 1. The van der Waals surface area contributed by atoms with Gasteiger partial charge < -0.3 is 14.8 Å². The van der Waals surface area contributed by atoms with E-state index in [4.69, 9.17) is 9.47 Å². The van der Waals surface area contributed by atoms with E-state index in [2.05, 4.69) is 19.2 Å². The standard InChI is InChI=1S/C21H25NO3/c1-14(2)20(15-8-10-18(24-3)11-9-15)22-21(23)17-12-16-6-4-5-7-19(16)25-13-17/h4-11,14,17,20H,12-13H2,1-3H3,(H,22,23). The molecule has 2 atom stereocenters. The number of carbonyl (C=O) groups excluding carboxylic acids is 1. The Morgan fingerprint density at radius 1 is 1.16 bits per heavy atom. The molecule has 4 nitrogen and oxygen atoms in total. The fraction of sp³-hybridized carbons (Fsp3) is 0.381. The van der Waals surface area contributed by atoms with E-state index in [0.717, 1.165) is 29.0 Å². The Morgan fingerprint density at radius 3 is 2.56 bits per heavy atom. The normalized spacial score (nSPS) is 17.4. The van der Waals surface area contributed by atoms with Crippen molar-refractivity contribution in [3.05, 3.63) is 59.7 Å². The second-order valence-corrected chi connectivity index (χ2v) is 6.82. The molecule has 132 valence electrons. The quantitative estimate of drug-likeness (QED) is 0.902. The van der Waals surface area contributed by atoms with Crippen LogP contribution < -0.4 is 14.8 Å². The lowest BCUT2D eigenvalue weighted by Gasteiger charge is -2.28. The number of ether oxygens (including phenoxy) is 2. The Hall–Kier alpha value is -2.49. The smallest absolute Gasteiger partial charge is 0.227 e. The van der Waals surface area contributed by atoms with Crippen molar-refractivity contribution in [2.24, 2.45) is 11.8 Å². The first kappa shape index (κ1) is 17.3. The number of benzene rings is 2. The molecule has 0 fully saturated rings. The van der Waals surface area contributed by atoms with Gasteiger partial charge in [-0.3, -0.25) is 4.79 Å². The van der Waals surface area contributed by atoms with E-state index in [9.17, 15) is 4.79 Å². The van der Waals surface area contributed by atoms with Crippen molar-refractivity contribution < 1.29 is 14.3 Å². The van der Waals surface area contributed by atoms with Gasteiger partial charge in [0.2, 0.25) is 5.91 Å². The second-order valence-electron chi connectivity index (χ2n) is 6.82. The van der Waals surface area contributed by atoms with Crippen molar-refractivity contribution in [2.75, 3.05) is 13.7 Å². The Bertz CT molecular complexity index is 724. The van der Waals surface area contributed by atoms with Crippen LogP contribution in [-0.4, -0.2) is 19.6 Å². The third kappa shape index (κ3) is 3.95. The fourth-order valence-corrected chi connectivity index (χ4v) is 3.21. The van der Waals surface area contributed by atoms with Gasteiger partial charge >= 0.3 is 0 Å². The van der Waals surface area contributed by atoms with Crippen LogP contribution >= 0.6 is 0 Å². The molecule has 0 bridgehead atoms. The lowest BCUT2D eigenvalue weighted by Crippen LogP contribution is -2.40. The molecule has 0 saturated heterocycles. The van der Waals surface area contributed by atoms with E-state index in [1.165, 1.54) is 0 Å². The zero-order valence-electron chi connectivity index (χ0n) is 15.0. The van der Waals surface area contributed by atoms with Crippen molar-refractivity contribution in [1.29, 1.82) is 0 Å². The highest BCUT2D eigenvalue weighted by atomic mass is 16.5. The number of hydrogen-bond acceptors (Lipinski definition) is 3. The summed E-state index contributed by atoms with van der Waals surface area (Å²) >= 11 is 0. The van der Waals surface area contributed by atoms with Gasteiger partial charge in [-0.05, 0) is 41.7 Å². The summed E-state index contributed by atoms with van der Waals surface area (Å²) in [7, 11) is 1.65. The van der Waals surface area contributed by atoms with E-state index in [1.54, 1.807) is 7.11 Å². The summed E-state index contributed by atoms with van der Waals surface area (Å²) in [4.78, 5) is 12.8. The maximum Gasteiger partial charge on any atom is 0.227 e. The molecule has 0 aromatic heterocycles. The number of fused-ring (bicyclic) bond motifs is 1. The number of rotatable bonds is 5. The van der Waals surface area contributed by atoms with Gasteiger partial charge in [0.15, 0.2) is 0 Å². The van der Waals surface area contributed by atoms with E-state index < -0.39 is 0 Å². The molecule has 2 aromatic rings. The summed E-state index contributed by atoms with van der Waals surface area (Å²) in [6.07, 6.45) is 0.718. The average Bonchev–Trinajstić information content (AvgIpc) is 2.65. The van der Waals surface area contributed by atoms with E-state index in [1.807, 2.05) is 48.5 Å². The van der Waals surface area contributed by atoms with Crippen molar-refractivity contribution in [3.63, 3.8) is 0 Å². The highest BCUT2D eigenvalue weighted by molar-refractivity contribution is 5.80.